The Hall–Kier alpha value is -5.57. The number of amides is 3. The highest BCUT2D eigenvalue weighted by Crippen LogP contribution is 2.29. The van der Waals surface area contributed by atoms with Crippen molar-refractivity contribution in [3.05, 3.63) is 77.0 Å². The molecule has 1 saturated carbocycles. The summed E-state index contributed by atoms with van der Waals surface area (Å²) in [6, 6.07) is 13.8. The van der Waals surface area contributed by atoms with Crippen molar-refractivity contribution in [3.63, 3.8) is 0 Å². The summed E-state index contributed by atoms with van der Waals surface area (Å²) in [5.41, 5.74) is 2.80. The zero-order chi connectivity index (χ0) is 37.4. The Kier molecular flexibility index (Phi) is 11.8. The van der Waals surface area contributed by atoms with Gasteiger partial charge < -0.3 is 30.3 Å². The Morgan fingerprint density at radius 3 is 2.34 bits per heavy atom. The van der Waals surface area contributed by atoms with Crippen LogP contribution in [0, 0.1) is 11.8 Å². The van der Waals surface area contributed by atoms with Crippen molar-refractivity contribution in [3.8, 4) is 22.5 Å². The second-order valence-corrected chi connectivity index (χ2v) is 14.5. The molecule has 2 aromatic heterocycles. The van der Waals surface area contributed by atoms with E-state index in [1.165, 1.54) is 0 Å². The molecule has 6 rings (SSSR count). The Labute approximate surface area is 307 Å². The van der Waals surface area contributed by atoms with Crippen LogP contribution in [0.3, 0.4) is 0 Å². The highest BCUT2D eigenvalue weighted by molar-refractivity contribution is 5.97. The van der Waals surface area contributed by atoms with E-state index >= 15 is 0 Å². The Morgan fingerprint density at radius 2 is 1.68 bits per heavy atom. The number of H-pyrrole nitrogens is 2. The molecule has 2 fully saturated rings. The molecule has 3 heterocycles. The monoisotopic (exact) mass is 725 g/mol. The maximum atomic E-state index is 13.9. The summed E-state index contributed by atoms with van der Waals surface area (Å²) in [6.07, 6.45) is 6.23. The molecule has 1 aliphatic heterocycles. The third-order valence-corrected chi connectivity index (χ3v) is 9.34. The van der Waals surface area contributed by atoms with E-state index in [0.717, 1.165) is 42.6 Å². The fraction of sp³-hybridized carbons (Fsp3) is 0.447. The molecule has 1 aliphatic carbocycles. The number of nitrogens with zero attached hydrogens (tertiary/aromatic N) is 4. The van der Waals surface area contributed by atoms with Crippen molar-refractivity contribution in [2.24, 2.45) is 11.8 Å². The molecule has 2 aliphatic rings. The number of benzene rings is 2. The van der Waals surface area contributed by atoms with Crippen LogP contribution >= 0.6 is 0 Å². The van der Waals surface area contributed by atoms with E-state index in [-0.39, 0.29) is 30.1 Å². The summed E-state index contributed by atoms with van der Waals surface area (Å²) in [4.78, 5) is 65.1. The number of nitrogens with one attached hydrogen (secondary N) is 5. The lowest BCUT2D eigenvalue weighted by atomic mass is 9.81. The van der Waals surface area contributed by atoms with E-state index in [1.807, 2.05) is 45.0 Å². The van der Waals surface area contributed by atoms with Crippen LogP contribution in [-0.2, 0) is 25.5 Å². The maximum Gasteiger partial charge on any atom is 0.407 e. The first-order valence-electron chi connectivity index (χ1n) is 18.1. The largest absolute Gasteiger partial charge is 0.444 e. The molecule has 2 aromatic carbocycles. The predicted molar refractivity (Wildman–Crippen MR) is 199 cm³/mol. The van der Waals surface area contributed by atoms with Crippen LogP contribution in [0.4, 0.5) is 16.4 Å². The highest BCUT2D eigenvalue weighted by Gasteiger charge is 2.30. The number of hydrogen-bond acceptors (Lipinski definition) is 10. The van der Waals surface area contributed by atoms with Crippen LogP contribution in [0.5, 0.6) is 0 Å². The van der Waals surface area contributed by atoms with Crippen molar-refractivity contribution in [2.45, 2.75) is 64.5 Å². The molecule has 1 saturated heterocycles. The minimum atomic E-state index is -0.869. The van der Waals surface area contributed by atoms with Crippen molar-refractivity contribution in [1.29, 1.82) is 0 Å². The standard InChI is InChI=1S/C38H47N9O6/c1-38(2,3)53-37(51)41-21-24-7-9-27(10-8-24)33(48)43-31(34(49)42-30-13-11-26(12-14-30)32-44-36(50)46-45-32)20-25-5-4-6-28(19-25)29-22-39-35(40-23-29)47-15-17-52-18-16-47/h4-6,11-14,19,22-24,27,31H,7-10,15-18,20-21H2,1-3H3,(H,41,51)(H,42,49)(H,43,48)(H2,44,45,46,50). The van der Waals surface area contributed by atoms with E-state index < -0.39 is 23.4 Å². The van der Waals surface area contributed by atoms with Crippen molar-refractivity contribution >= 4 is 29.5 Å². The first-order valence-corrected chi connectivity index (χ1v) is 18.1. The van der Waals surface area contributed by atoms with Gasteiger partial charge in [0.05, 0.1) is 13.2 Å². The number of aromatic nitrogens is 5. The minimum Gasteiger partial charge on any atom is -0.444 e. The lowest BCUT2D eigenvalue weighted by molar-refractivity contribution is -0.130. The summed E-state index contributed by atoms with van der Waals surface area (Å²) < 4.78 is 10.8. The van der Waals surface area contributed by atoms with Gasteiger partial charge in [-0.05, 0) is 87.8 Å². The van der Waals surface area contributed by atoms with Crippen molar-refractivity contribution < 1.29 is 23.9 Å². The lowest BCUT2D eigenvalue weighted by Crippen LogP contribution is -2.48. The third-order valence-electron chi connectivity index (χ3n) is 9.34. The first-order chi connectivity index (χ1) is 25.5. The van der Waals surface area contributed by atoms with Crippen LogP contribution in [0.2, 0.25) is 0 Å². The number of ether oxygens (including phenoxy) is 2. The van der Waals surface area contributed by atoms with Gasteiger partial charge in [0.25, 0.3) is 0 Å². The molecule has 0 bridgehead atoms. The molecule has 0 spiro atoms. The molecular weight excluding hydrogens is 678 g/mol. The highest BCUT2D eigenvalue weighted by atomic mass is 16.6. The number of hydrogen-bond donors (Lipinski definition) is 5. The minimum absolute atomic E-state index is 0.176. The summed E-state index contributed by atoms with van der Waals surface area (Å²) in [6.45, 7) is 8.73. The number of alkyl carbamates (subject to hydrolysis) is 1. The maximum absolute atomic E-state index is 13.9. The van der Waals surface area contributed by atoms with E-state index in [2.05, 4.69) is 46.0 Å². The number of carbonyl (C=O) groups is 3. The van der Waals surface area contributed by atoms with Crippen LogP contribution < -0.4 is 26.5 Å². The van der Waals surface area contributed by atoms with Crippen LogP contribution in [0.15, 0.2) is 65.7 Å². The van der Waals surface area contributed by atoms with Gasteiger partial charge in [-0.1, -0.05) is 24.3 Å². The van der Waals surface area contributed by atoms with Crippen molar-refractivity contribution in [1.82, 2.24) is 35.8 Å². The quantitative estimate of drug-likeness (QED) is 0.150. The van der Waals surface area contributed by atoms with Gasteiger partial charge in [-0.3, -0.25) is 14.6 Å². The molecule has 15 heteroatoms. The van der Waals surface area contributed by atoms with E-state index in [1.54, 1.807) is 36.7 Å². The zero-order valence-electron chi connectivity index (χ0n) is 30.3. The molecule has 1 unspecified atom stereocenters. The first kappa shape index (κ1) is 37.2. The summed E-state index contributed by atoms with van der Waals surface area (Å²) in [7, 11) is 0. The number of carbonyl (C=O) groups excluding carboxylic acids is 3. The van der Waals surface area contributed by atoms with Gasteiger partial charge in [0.1, 0.15) is 11.6 Å². The Bertz CT molecular complexity index is 1910. The summed E-state index contributed by atoms with van der Waals surface area (Å²) in [5.74, 6) is 0.485. The van der Waals surface area contributed by atoms with Gasteiger partial charge in [-0.2, -0.15) is 5.10 Å². The average Bonchev–Trinajstić information content (AvgIpc) is 3.60. The molecule has 0 radical (unpaired) electrons. The number of aromatic amines is 2. The fourth-order valence-electron chi connectivity index (χ4n) is 6.53. The van der Waals surface area contributed by atoms with Crippen LogP contribution in [0.1, 0.15) is 52.0 Å². The number of anilines is 2. The molecular formula is C38H47N9O6. The Morgan fingerprint density at radius 1 is 0.962 bits per heavy atom. The second-order valence-electron chi connectivity index (χ2n) is 14.5. The summed E-state index contributed by atoms with van der Waals surface area (Å²) >= 11 is 0. The van der Waals surface area contributed by atoms with Gasteiger partial charge in [0.15, 0.2) is 5.82 Å². The van der Waals surface area contributed by atoms with Gasteiger partial charge in [0.2, 0.25) is 17.8 Å². The zero-order valence-corrected chi connectivity index (χ0v) is 30.3. The molecule has 3 amide bonds. The molecule has 15 nitrogen and oxygen atoms in total. The third kappa shape index (κ3) is 10.5. The molecule has 53 heavy (non-hydrogen) atoms. The summed E-state index contributed by atoms with van der Waals surface area (Å²) in [5, 5.41) is 15.1. The Balaban J connectivity index is 1.12. The number of rotatable bonds is 11. The smallest absolute Gasteiger partial charge is 0.407 e. The van der Waals surface area contributed by atoms with E-state index in [9.17, 15) is 19.2 Å². The normalized spacial score (nSPS) is 18.1. The molecule has 1 atom stereocenters. The second kappa shape index (κ2) is 16.8. The van der Waals surface area contributed by atoms with Gasteiger partial charge in [-0.25, -0.2) is 24.7 Å². The van der Waals surface area contributed by atoms with Gasteiger partial charge >= 0.3 is 11.8 Å². The molecule has 4 aromatic rings. The fourth-order valence-corrected chi connectivity index (χ4v) is 6.53. The van der Waals surface area contributed by atoms with Gasteiger partial charge in [-0.15, -0.1) is 0 Å². The lowest BCUT2D eigenvalue weighted by Gasteiger charge is -2.29. The van der Waals surface area contributed by atoms with Crippen molar-refractivity contribution in [2.75, 3.05) is 43.1 Å². The van der Waals surface area contributed by atoms with Crippen LogP contribution in [-0.4, -0.2) is 87.5 Å². The SMILES string of the molecule is CC(C)(C)OC(=O)NCC1CCC(C(=O)NC(Cc2cccc(-c3cnc(N4CCOCC4)nc3)c2)C(=O)Nc2ccc(-c3n[nH]c(=O)[nH]3)cc2)CC1. The molecule has 5 N–H and O–H groups in total. The molecule has 280 valence electrons. The number of morpholine rings is 1. The average molecular weight is 726 g/mol. The van der Waals surface area contributed by atoms with Gasteiger partial charge in [0, 0.05) is 61.2 Å². The van der Waals surface area contributed by atoms with E-state index in [0.29, 0.717) is 55.6 Å². The van der Waals surface area contributed by atoms with Crippen LogP contribution in [0.25, 0.3) is 22.5 Å². The predicted octanol–water partition coefficient (Wildman–Crippen LogP) is 4.06. The van der Waals surface area contributed by atoms with E-state index in [4.69, 9.17) is 9.47 Å². The topological polar surface area (TPSA) is 196 Å².